The molecule has 0 aliphatic heterocycles. The summed E-state index contributed by atoms with van der Waals surface area (Å²) in [5.74, 6) is 0.118. The summed E-state index contributed by atoms with van der Waals surface area (Å²) in [4.78, 5) is 24.4. The number of ketones is 1. The van der Waals surface area contributed by atoms with E-state index in [0.717, 1.165) is 32.1 Å². The number of carbonyl (C=O) groups is 2. The lowest BCUT2D eigenvalue weighted by atomic mass is 10.0. The van der Waals surface area contributed by atoms with Crippen molar-refractivity contribution in [3.8, 4) is 0 Å². The van der Waals surface area contributed by atoms with Crippen LogP contribution in [-0.2, 0) is 9.59 Å². The number of unbranched alkanes of at least 4 members (excludes halogenated alkanes) is 2. The molecule has 0 aliphatic carbocycles. The van der Waals surface area contributed by atoms with E-state index >= 15 is 0 Å². The van der Waals surface area contributed by atoms with Crippen LogP contribution in [0, 0.1) is 0 Å². The Kier molecular flexibility index (Phi) is 10.8. The van der Waals surface area contributed by atoms with E-state index in [0.29, 0.717) is 12.8 Å². The van der Waals surface area contributed by atoms with E-state index in [1.807, 2.05) is 6.92 Å². The van der Waals surface area contributed by atoms with E-state index in [2.05, 4.69) is 12.2 Å². The molecule has 122 valence electrons. The van der Waals surface area contributed by atoms with Crippen LogP contribution in [0.1, 0.15) is 51.9 Å². The van der Waals surface area contributed by atoms with E-state index < -0.39 is 6.04 Å². The lowest BCUT2D eigenvalue weighted by Gasteiger charge is -2.15. The van der Waals surface area contributed by atoms with Crippen LogP contribution in [0.3, 0.4) is 0 Å². The van der Waals surface area contributed by atoms with Crippen LogP contribution in [0.5, 0.6) is 0 Å². The first kappa shape index (κ1) is 19.8. The minimum absolute atomic E-state index is 0.0199. The Morgan fingerprint density at radius 2 is 1.48 bits per heavy atom. The summed E-state index contributed by atoms with van der Waals surface area (Å²) in [6.45, 7) is 1.84. The molecule has 0 heterocycles. The molecule has 0 aliphatic rings. The predicted octanol–water partition coefficient (Wildman–Crippen LogP) is 1.61. The summed E-state index contributed by atoms with van der Waals surface area (Å²) in [5.41, 5.74) is 11.5. The van der Waals surface area contributed by atoms with Crippen LogP contribution in [0.15, 0.2) is 12.2 Å². The number of hydrogen-bond donors (Lipinski definition) is 2. The van der Waals surface area contributed by atoms with Crippen molar-refractivity contribution in [1.82, 2.24) is 4.90 Å². The van der Waals surface area contributed by atoms with E-state index in [-0.39, 0.29) is 17.7 Å². The quantitative estimate of drug-likeness (QED) is 0.448. The zero-order valence-corrected chi connectivity index (χ0v) is 13.7. The molecule has 0 spiro atoms. The fourth-order valence-electron chi connectivity index (χ4n) is 2.03. The first-order valence-corrected chi connectivity index (χ1v) is 7.80. The number of Topliss-reactive ketones (excluding diaryl/α,β-unsaturated/α-hetero) is 1. The highest BCUT2D eigenvalue weighted by Gasteiger charge is 2.14. The molecule has 21 heavy (non-hydrogen) atoms. The Morgan fingerprint density at radius 1 is 1.00 bits per heavy atom. The lowest BCUT2D eigenvalue weighted by molar-refractivity contribution is -0.130. The number of likely N-dealkylation sites (N-methyl/N-ethyl adjacent to an activating group) is 1. The molecule has 0 radical (unpaired) electrons. The molecule has 0 aromatic carbocycles. The van der Waals surface area contributed by atoms with Gasteiger partial charge >= 0.3 is 0 Å². The monoisotopic (exact) mass is 297 g/mol. The maximum atomic E-state index is 11.5. The SMILES string of the molecule is CCC(=O)C(N)CCC/C=C\CCCC(N)C(=O)N(C)C. The van der Waals surface area contributed by atoms with Gasteiger partial charge in [0.15, 0.2) is 0 Å². The molecule has 1 amide bonds. The molecule has 2 unspecified atom stereocenters. The number of nitrogens with zero attached hydrogens (tertiary/aromatic N) is 1. The Bertz CT molecular complexity index is 340. The van der Waals surface area contributed by atoms with Crippen LogP contribution >= 0.6 is 0 Å². The van der Waals surface area contributed by atoms with Crippen molar-refractivity contribution in [2.24, 2.45) is 11.5 Å². The van der Waals surface area contributed by atoms with Crippen molar-refractivity contribution in [3.63, 3.8) is 0 Å². The second-order valence-corrected chi connectivity index (χ2v) is 5.60. The van der Waals surface area contributed by atoms with Gasteiger partial charge in [-0.25, -0.2) is 0 Å². The fourth-order valence-corrected chi connectivity index (χ4v) is 2.03. The smallest absolute Gasteiger partial charge is 0.238 e. The second kappa shape index (κ2) is 11.5. The van der Waals surface area contributed by atoms with Crippen molar-refractivity contribution in [2.45, 2.75) is 64.0 Å². The summed E-state index contributed by atoms with van der Waals surface area (Å²) in [7, 11) is 3.44. The lowest BCUT2D eigenvalue weighted by Crippen LogP contribution is -2.39. The van der Waals surface area contributed by atoms with Crippen molar-refractivity contribution in [1.29, 1.82) is 0 Å². The average molecular weight is 297 g/mol. The largest absolute Gasteiger partial charge is 0.347 e. The van der Waals surface area contributed by atoms with Gasteiger partial charge in [0.1, 0.15) is 5.78 Å². The van der Waals surface area contributed by atoms with Crippen LogP contribution in [0.25, 0.3) is 0 Å². The summed E-state index contributed by atoms with van der Waals surface area (Å²) in [6, 6.07) is -0.704. The molecular weight excluding hydrogens is 266 g/mol. The number of rotatable bonds is 11. The van der Waals surface area contributed by atoms with E-state index in [1.165, 1.54) is 4.90 Å². The van der Waals surface area contributed by atoms with Gasteiger partial charge in [-0.15, -0.1) is 0 Å². The van der Waals surface area contributed by atoms with Gasteiger partial charge < -0.3 is 16.4 Å². The predicted molar refractivity (Wildman–Crippen MR) is 86.8 cm³/mol. The van der Waals surface area contributed by atoms with E-state index in [9.17, 15) is 9.59 Å². The average Bonchev–Trinajstić information content (AvgIpc) is 2.47. The molecule has 5 heteroatoms. The first-order chi connectivity index (χ1) is 9.90. The minimum Gasteiger partial charge on any atom is -0.347 e. The minimum atomic E-state index is -0.397. The van der Waals surface area contributed by atoms with Gasteiger partial charge in [0.25, 0.3) is 0 Å². The maximum Gasteiger partial charge on any atom is 0.238 e. The Balaban J connectivity index is 3.62. The van der Waals surface area contributed by atoms with Crippen LogP contribution in [-0.4, -0.2) is 42.8 Å². The summed E-state index contributed by atoms with van der Waals surface area (Å²) in [5, 5.41) is 0. The van der Waals surface area contributed by atoms with Gasteiger partial charge in [-0.3, -0.25) is 9.59 Å². The van der Waals surface area contributed by atoms with Gasteiger partial charge in [-0.1, -0.05) is 19.1 Å². The fraction of sp³-hybridized carbons (Fsp3) is 0.750. The zero-order valence-electron chi connectivity index (χ0n) is 13.7. The highest BCUT2D eigenvalue weighted by atomic mass is 16.2. The van der Waals surface area contributed by atoms with Crippen molar-refractivity contribution >= 4 is 11.7 Å². The molecule has 0 saturated heterocycles. The normalized spacial score (nSPS) is 14.1. The Labute approximate surface area is 128 Å². The van der Waals surface area contributed by atoms with Gasteiger partial charge in [0, 0.05) is 20.5 Å². The number of hydrogen-bond acceptors (Lipinski definition) is 4. The number of carbonyl (C=O) groups excluding carboxylic acids is 2. The van der Waals surface area contributed by atoms with Gasteiger partial charge in [0.05, 0.1) is 12.1 Å². The third-order valence-electron chi connectivity index (χ3n) is 3.46. The summed E-state index contributed by atoms with van der Waals surface area (Å²) >= 11 is 0. The molecule has 0 aromatic heterocycles. The standard InChI is InChI=1S/C16H31N3O2/c1-4-15(20)13(17)11-9-7-5-6-8-10-12-14(18)16(21)19(2)3/h5-6,13-14H,4,7-12,17-18H2,1-3H3/b6-5-. The number of nitrogens with two attached hydrogens (primary N) is 2. The van der Waals surface area contributed by atoms with Gasteiger partial charge in [-0.05, 0) is 38.5 Å². The van der Waals surface area contributed by atoms with Crippen molar-refractivity contribution in [3.05, 3.63) is 12.2 Å². The Morgan fingerprint density at radius 3 is 1.90 bits per heavy atom. The van der Waals surface area contributed by atoms with Crippen molar-refractivity contribution < 1.29 is 9.59 Å². The summed E-state index contributed by atoms with van der Waals surface area (Å²) in [6.07, 6.45) is 9.90. The molecule has 0 aromatic rings. The number of allylic oxidation sites excluding steroid dienone is 2. The van der Waals surface area contributed by atoms with Gasteiger partial charge in [0.2, 0.25) is 5.91 Å². The van der Waals surface area contributed by atoms with Crippen LogP contribution < -0.4 is 11.5 Å². The van der Waals surface area contributed by atoms with Crippen LogP contribution in [0.4, 0.5) is 0 Å². The molecule has 4 N–H and O–H groups in total. The number of amides is 1. The Hall–Kier alpha value is -1.20. The summed E-state index contributed by atoms with van der Waals surface area (Å²) < 4.78 is 0. The maximum absolute atomic E-state index is 11.5. The second-order valence-electron chi connectivity index (χ2n) is 5.60. The molecule has 2 atom stereocenters. The molecule has 0 fully saturated rings. The zero-order chi connectivity index (χ0) is 16.3. The third kappa shape index (κ3) is 9.37. The third-order valence-corrected chi connectivity index (χ3v) is 3.46. The van der Waals surface area contributed by atoms with E-state index in [4.69, 9.17) is 11.5 Å². The molecule has 0 saturated carbocycles. The highest BCUT2D eigenvalue weighted by molar-refractivity contribution is 5.83. The molecular formula is C16H31N3O2. The molecule has 5 nitrogen and oxygen atoms in total. The molecule has 0 bridgehead atoms. The van der Waals surface area contributed by atoms with E-state index in [1.54, 1.807) is 14.1 Å². The molecule has 0 rings (SSSR count). The van der Waals surface area contributed by atoms with Crippen LogP contribution in [0.2, 0.25) is 0 Å². The van der Waals surface area contributed by atoms with Gasteiger partial charge in [-0.2, -0.15) is 0 Å². The topological polar surface area (TPSA) is 89.4 Å². The highest BCUT2D eigenvalue weighted by Crippen LogP contribution is 2.05. The first-order valence-electron chi connectivity index (χ1n) is 7.80. The van der Waals surface area contributed by atoms with Crippen molar-refractivity contribution in [2.75, 3.05) is 14.1 Å².